The van der Waals surface area contributed by atoms with Crippen molar-refractivity contribution < 1.29 is 19.1 Å². The van der Waals surface area contributed by atoms with E-state index in [1.165, 1.54) is 17.5 Å². The normalized spacial score (nSPS) is 10.2. The van der Waals surface area contributed by atoms with E-state index < -0.39 is 11.8 Å². The van der Waals surface area contributed by atoms with Crippen LogP contribution >= 0.6 is 27.3 Å². The van der Waals surface area contributed by atoms with Crippen molar-refractivity contribution in [2.75, 3.05) is 17.7 Å². The molecule has 3 rings (SSSR count). The molecule has 28 heavy (non-hydrogen) atoms. The Kier molecular flexibility index (Phi) is 6.27. The maximum absolute atomic E-state index is 12.3. The molecule has 0 saturated carbocycles. The summed E-state index contributed by atoms with van der Waals surface area (Å²) in [5.74, 6) is -0.232. The molecule has 0 spiro atoms. The summed E-state index contributed by atoms with van der Waals surface area (Å²) < 4.78 is 12.0. The molecule has 0 fully saturated rings. The molecular formula is C19H16BrN3O4S. The highest BCUT2D eigenvalue weighted by Crippen LogP contribution is 2.35. The highest BCUT2D eigenvalue weighted by Gasteiger charge is 2.18. The van der Waals surface area contributed by atoms with Crippen molar-refractivity contribution in [3.63, 3.8) is 0 Å². The zero-order valence-electron chi connectivity index (χ0n) is 15.0. The average molecular weight is 462 g/mol. The summed E-state index contributed by atoms with van der Waals surface area (Å²) in [6.07, 6.45) is 1.54. The molecule has 0 aliphatic rings. The van der Waals surface area contributed by atoms with Crippen molar-refractivity contribution >= 4 is 49.9 Å². The monoisotopic (exact) mass is 461 g/mol. The number of amides is 2. The smallest absolute Gasteiger partial charge is 0.315 e. The first-order chi connectivity index (χ1) is 13.5. The Morgan fingerprint density at radius 2 is 1.75 bits per heavy atom. The van der Waals surface area contributed by atoms with Gasteiger partial charge in [0.2, 0.25) is 0 Å². The number of ether oxygens (including phenoxy) is 2. The van der Waals surface area contributed by atoms with Crippen molar-refractivity contribution in [1.29, 1.82) is 0 Å². The van der Waals surface area contributed by atoms with Gasteiger partial charge in [-0.15, -0.1) is 0 Å². The van der Waals surface area contributed by atoms with Crippen molar-refractivity contribution in [3.8, 4) is 17.2 Å². The summed E-state index contributed by atoms with van der Waals surface area (Å²) >= 11 is 4.46. The van der Waals surface area contributed by atoms with E-state index in [9.17, 15) is 9.59 Å². The van der Waals surface area contributed by atoms with E-state index in [4.69, 9.17) is 9.47 Å². The van der Waals surface area contributed by atoms with Gasteiger partial charge in [-0.25, -0.2) is 4.98 Å². The van der Waals surface area contributed by atoms with Gasteiger partial charge in [-0.3, -0.25) is 14.9 Å². The minimum atomic E-state index is -0.833. The number of methoxy groups -OCH3 is 1. The van der Waals surface area contributed by atoms with E-state index in [0.717, 1.165) is 9.35 Å². The first-order valence-corrected chi connectivity index (χ1v) is 9.72. The quantitative estimate of drug-likeness (QED) is 0.542. The predicted molar refractivity (Wildman–Crippen MR) is 111 cm³/mol. The minimum absolute atomic E-state index is 0.321. The van der Waals surface area contributed by atoms with Crippen LogP contribution in [0.15, 0.2) is 52.4 Å². The third-order valence-electron chi connectivity index (χ3n) is 3.58. The average Bonchev–Trinajstić information content (AvgIpc) is 3.09. The predicted octanol–water partition coefficient (Wildman–Crippen LogP) is 4.59. The Hall–Kier alpha value is -2.91. The summed E-state index contributed by atoms with van der Waals surface area (Å²) in [5.41, 5.74) is 1.29. The van der Waals surface area contributed by atoms with Gasteiger partial charge >= 0.3 is 11.8 Å². The molecule has 0 bridgehead atoms. The number of anilines is 2. The molecule has 2 amide bonds. The van der Waals surface area contributed by atoms with Crippen molar-refractivity contribution in [2.45, 2.75) is 6.92 Å². The molecule has 0 unspecified atom stereocenters. The molecule has 2 aromatic carbocycles. The fourth-order valence-corrected chi connectivity index (χ4v) is 3.39. The van der Waals surface area contributed by atoms with Crippen LogP contribution in [0, 0.1) is 6.92 Å². The molecule has 144 valence electrons. The fraction of sp³-hybridized carbons (Fsp3) is 0.105. The number of benzene rings is 2. The highest BCUT2D eigenvalue weighted by atomic mass is 79.9. The number of carbonyl (C=O) groups is 2. The molecule has 0 saturated heterocycles. The van der Waals surface area contributed by atoms with Gasteiger partial charge in [-0.1, -0.05) is 29.5 Å². The van der Waals surface area contributed by atoms with Crippen LogP contribution in [0.25, 0.3) is 0 Å². The Labute approximate surface area is 173 Å². The van der Waals surface area contributed by atoms with Crippen LogP contribution in [0.4, 0.5) is 10.8 Å². The van der Waals surface area contributed by atoms with E-state index in [2.05, 4.69) is 31.5 Å². The van der Waals surface area contributed by atoms with Crippen LogP contribution in [0.5, 0.6) is 17.2 Å². The first-order valence-electron chi connectivity index (χ1n) is 8.11. The summed E-state index contributed by atoms with van der Waals surface area (Å²) in [5, 5.41) is 5.34. The molecule has 0 aliphatic heterocycles. The lowest BCUT2D eigenvalue weighted by Gasteiger charge is -2.14. The van der Waals surface area contributed by atoms with E-state index in [1.54, 1.807) is 37.4 Å². The number of rotatable bonds is 5. The highest BCUT2D eigenvalue weighted by molar-refractivity contribution is 9.11. The number of para-hydroxylation sites is 2. The number of nitrogens with zero attached hydrogens (tertiary/aromatic N) is 1. The molecule has 0 aliphatic carbocycles. The molecule has 0 radical (unpaired) electrons. The van der Waals surface area contributed by atoms with E-state index in [-0.39, 0.29) is 0 Å². The molecule has 7 nitrogen and oxygen atoms in total. The lowest BCUT2D eigenvalue weighted by molar-refractivity contribution is -0.133. The molecule has 1 heterocycles. The number of thiazole rings is 1. The Morgan fingerprint density at radius 3 is 2.43 bits per heavy atom. The van der Waals surface area contributed by atoms with Gasteiger partial charge < -0.3 is 14.8 Å². The Morgan fingerprint density at radius 1 is 1.04 bits per heavy atom. The van der Waals surface area contributed by atoms with Gasteiger partial charge in [0.25, 0.3) is 0 Å². The number of aryl methyl sites for hydroxylation is 1. The largest absolute Gasteiger partial charge is 0.493 e. The van der Waals surface area contributed by atoms with Crippen molar-refractivity contribution in [2.24, 2.45) is 0 Å². The molecule has 2 N–H and O–H groups in total. The fourth-order valence-electron chi connectivity index (χ4n) is 2.28. The third-order valence-corrected chi connectivity index (χ3v) is 4.97. The molecular weight excluding hydrogens is 446 g/mol. The van der Waals surface area contributed by atoms with Crippen molar-refractivity contribution in [1.82, 2.24) is 4.98 Å². The maximum atomic E-state index is 12.3. The topological polar surface area (TPSA) is 89.5 Å². The maximum Gasteiger partial charge on any atom is 0.315 e. The van der Waals surface area contributed by atoms with Gasteiger partial charge in [0.15, 0.2) is 22.4 Å². The van der Waals surface area contributed by atoms with E-state index in [0.29, 0.717) is 28.1 Å². The van der Waals surface area contributed by atoms with Gasteiger partial charge in [0.1, 0.15) is 0 Å². The van der Waals surface area contributed by atoms with Crippen LogP contribution in [0.2, 0.25) is 0 Å². The van der Waals surface area contributed by atoms with E-state index in [1.807, 2.05) is 19.1 Å². The number of hydrogen-bond donors (Lipinski definition) is 2. The van der Waals surface area contributed by atoms with Gasteiger partial charge in [0.05, 0.1) is 22.8 Å². The zero-order valence-corrected chi connectivity index (χ0v) is 17.4. The van der Waals surface area contributed by atoms with Gasteiger partial charge in [0, 0.05) is 0 Å². The summed E-state index contributed by atoms with van der Waals surface area (Å²) in [7, 11) is 1.54. The van der Waals surface area contributed by atoms with Gasteiger partial charge in [-0.2, -0.15) is 0 Å². The lowest BCUT2D eigenvalue weighted by Crippen LogP contribution is -2.29. The standard InChI is InChI=1S/C19H16BrN3O4S/c1-11-7-8-12(15(9-11)27-14-6-4-3-5-13(14)26-2)22-17(24)18(25)23-19-21-10-16(20)28-19/h3-10H,1-2H3,(H,22,24)(H,21,23,25). The molecule has 1 aromatic heterocycles. The number of aromatic nitrogens is 1. The Bertz CT molecular complexity index is 1020. The summed E-state index contributed by atoms with van der Waals surface area (Å²) in [6.45, 7) is 1.90. The van der Waals surface area contributed by atoms with Gasteiger partial charge in [-0.05, 0) is 52.7 Å². The minimum Gasteiger partial charge on any atom is -0.493 e. The van der Waals surface area contributed by atoms with Crippen LogP contribution in [0.3, 0.4) is 0 Å². The number of hydrogen-bond acceptors (Lipinski definition) is 6. The molecule has 3 aromatic rings. The second-order valence-electron chi connectivity index (χ2n) is 5.63. The van der Waals surface area contributed by atoms with Crippen LogP contribution in [-0.4, -0.2) is 23.9 Å². The molecule has 9 heteroatoms. The van der Waals surface area contributed by atoms with Crippen LogP contribution in [0.1, 0.15) is 5.56 Å². The van der Waals surface area contributed by atoms with E-state index >= 15 is 0 Å². The SMILES string of the molecule is COc1ccccc1Oc1cc(C)ccc1NC(=O)C(=O)Nc1ncc(Br)s1. The second-order valence-corrected chi connectivity index (χ2v) is 8.04. The summed E-state index contributed by atoms with van der Waals surface area (Å²) in [4.78, 5) is 28.4. The zero-order chi connectivity index (χ0) is 20.1. The second kappa shape index (κ2) is 8.85. The number of carbonyl (C=O) groups excluding carboxylic acids is 2. The van der Waals surface area contributed by atoms with Crippen LogP contribution < -0.4 is 20.1 Å². The molecule has 0 atom stereocenters. The number of halogens is 1. The number of nitrogens with one attached hydrogen (secondary N) is 2. The van der Waals surface area contributed by atoms with Crippen molar-refractivity contribution in [3.05, 3.63) is 58.0 Å². The van der Waals surface area contributed by atoms with Crippen LogP contribution in [-0.2, 0) is 9.59 Å². The summed E-state index contributed by atoms with van der Waals surface area (Å²) in [6, 6.07) is 12.4. The Balaban J connectivity index is 1.78. The first kappa shape index (κ1) is 19.8. The third kappa shape index (κ3) is 4.87. The lowest BCUT2D eigenvalue weighted by atomic mass is 10.2.